The van der Waals surface area contributed by atoms with Gasteiger partial charge in [-0.3, -0.25) is 4.79 Å². The second-order valence-electron chi connectivity index (χ2n) is 4.81. The van der Waals surface area contributed by atoms with Gasteiger partial charge in [0.2, 0.25) is 12.7 Å². The van der Waals surface area contributed by atoms with Crippen LogP contribution in [0.1, 0.15) is 16.8 Å². The maximum absolute atomic E-state index is 12.3. The van der Waals surface area contributed by atoms with Crippen LogP contribution in [-0.4, -0.2) is 29.1 Å². The van der Waals surface area contributed by atoms with E-state index >= 15 is 0 Å². The number of anilines is 1. The van der Waals surface area contributed by atoms with Crippen LogP contribution in [-0.2, 0) is 6.54 Å². The molecule has 0 bridgehead atoms. The highest BCUT2D eigenvalue weighted by atomic mass is 16.7. The number of carbonyl (C=O) groups excluding carboxylic acids is 1. The van der Waals surface area contributed by atoms with Crippen LogP contribution < -0.4 is 19.5 Å². The lowest BCUT2D eigenvalue weighted by molar-refractivity contribution is 0.102. The number of hydrogen-bond donors (Lipinski definition) is 1. The first-order chi connectivity index (χ1) is 10.3. The maximum atomic E-state index is 12.3. The Morgan fingerprint density at radius 3 is 3.10 bits per heavy atom. The van der Waals surface area contributed by atoms with Crippen molar-refractivity contribution < 1.29 is 19.0 Å². The Hall–Kier alpha value is -2.70. The second kappa shape index (κ2) is 4.69. The largest absolute Gasteiger partial charge is 0.477 e. The molecule has 1 aromatic heterocycles. The third-order valence-corrected chi connectivity index (χ3v) is 3.42. The molecule has 1 amide bonds. The molecule has 2 aromatic rings. The smallest absolute Gasteiger partial charge is 0.262 e. The van der Waals surface area contributed by atoms with E-state index in [0.29, 0.717) is 35.2 Å². The van der Waals surface area contributed by atoms with E-state index in [1.54, 1.807) is 22.9 Å². The lowest BCUT2D eigenvalue weighted by Gasteiger charge is -2.15. The molecule has 7 nitrogen and oxygen atoms in total. The van der Waals surface area contributed by atoms with Gasteiger partial charge >= 0.3 is 0 Å². The maximum Gasteiger partial charge on any atom is 0.262 e. The van der Waals surface area contributed by atoms with Crippen LogP contribution in [0, 0.1) is 0 Å². The molecule has 0 saturated heterocycles. The summed E-state index contributed by atoms with van der Waals surface area (Å²) in [5.74, 6) is 1.58. The zero-order valence-corrected chi connectivity index (χ0v) is 11.2. The van der Waals surface area contributed by atoms with Gasteiger partial charge in [0.15, 0.2) is 11.5 Å². The average Bonchev–Trinajstić information content (AvgIpc) is 3.13. The Kier molecular flexibility index (Phi) is 2.70. The summed E-state index contributed by atoms with van der Waals surface area (Å²) in [4.78, 5) is 12.3. The Morgan fingerprint density at radius 2 is 2.14 bits per heavy atom. The highest BCUT2D eigenvalue weighted by Crippen LogP contribution is 2.34. The van der Waals surface area contributed by atoms with E-state index < -0.39 is 0 Å². The summed E-state index contributed by atoms with van der Waals surface area (Å²) in [5.41, 5.74) is 1.08. The normalized spacial score (nSPS) is 15.2. The lowest BCUT2D eigenvalue weighted by Crippen LogP contribution is -2.18. The first-order valence-corrected chi connectivity index (χ1v) is 6.71. The van der Waals surface area contributed by atoms with Gasteiger partial charge in [0.1, 0.15) is 5.56 Å². The van der Waals surface area contributed by atoms with Crippen molar-refractivity contribution in [3.8, 4) is 17.4 Å². The van der Waals surface area contributed by atoms with E-state index in [1.165, 1.54) is 6.20 Å². The fourth-order valence-corrected chi connectivity index (χ4v) is 2.40. The Bertz CT molecular complexity index is 710. The number of benzene rings is 1. The standard InChI is InChI=1S/C14H13N3O4/c18-13(10-7-15-17-4-1-5-19-14(10)17)16-9-2-3-11-12(6-9)21-8-20-11/h2-3,6-7H,1,4-5,8H2,(H,16,18). The van der Waals surface area contributed by atoms with Gasteiger partial charge in [0.25, 0.3) is 5.91 Å². The first-order valence-electron chi connectivity index (χ1n) is 6.71. The molecular formula is C14H13N3O4. The summed E-state index contributed by atoms with van der Waals surface area (Å²) < 4.78 is 17.8. The summed E-state index contributed by atoms with van der Waals surface area (Å²) >= 11 is 0. The van der Waals surface area contributed by atoms with E-state index in [9.17, 15) is 4.79 Å². The van der Waals surface area contributed by atoms with Gasteiger partial charge in [-0.2, -0.15) is 5.10 Å². The molecule has 7 heteroatoms. The number of aryl methyl sites for hydroxylation is 1. The van der Waals surface area contributed by atoms with Crippen molar-refractivity contribution in [1.82, 2.24) is 9.78 Å². The molecule has 4 rings (SSSR count). The number of nitrogens with one attached hydrogen (secondary N) is 1. The molecule has 1 aromatic carbocycles. The van der Waals surface area contributed by atoms with Crippen LogP contribution in [0.2, 0.25) is 0 Å². The van der Waals surface area contributed by atoms with E-state index in [2.05, 4.69) is 10.4 Å². The minimum Gasteiger partial charge on any atom is -0.477 e. The molecule has 0 unspecified atom stereocenters. The van der Waals surface area contributed by atoms with Gasteiger partial charge in [0.05, 0.1) is 12.8 Å². The molecule has 2 aliphatic heterocycles. The van der Waals surface area contributed by atoms with Gasteiger partial charge < -0.3 is 19.5 Å². The summed E-state index contributed by atoms with van der Waals surface area (Å²) in [5, 5.41) is 6.98. The van der Waals surface area contributed by atoms with Gasteiger partial charge in [-0.15, -0.1) is 0 Å². The van der Waals surface area contributed by atoms with Crippen molar-refractivity contribution >= 4 is 11.6 Å². The lowest BCUT2D eigenvalue weighted by atomic mass is 10.2. The SMILES string of the molecule is O=C(Nc1ccc2c(c1)OCO2)c1cnn2c1OCCC2. The van der Waals surface area contributed by atoms with Crippen molar-refractivity contribution in [3.63, 3.8) is 0 Å². The number of carbonyl (C=O) groups is 1. The summed E-state index contributed by atoms with van der Waals surface area (Å²) in [7, 11) is 0. The molecule has 0 atom stereocenters. The molecular weight excluding hydrogens is 274 g/mol. The minimum atomic E-state index is -0.253. The number of nitrogens with zero attached hydrogens (tertiary/aromatic N) is 2. The summed E-state index contributed by atoms with van der Waals surface area (Å²) in [6.45, 7) is 1.58. The van der Waals surface area contributed by atoms with Crippen LogP contribution in [0.3, 0.4) is 0 Å². The molecule has 0 fully saturated rings. The highest BCUT2D eigenvalue weighted by molar-refractivity contribution is 6.05. The third kappa shape index (κ3) is 2.06. The molecule has 0 spiro atoms. The number of ether oxygens (including phenoxy) is 3. The van der Waals surface area contributed by atoms with Crippen molar-refractivity contribution in [1.29, 1.82) is 0 Å². The Balaban J connectivity index is 1.57. The van der Waals surface area contributed by atoms with Gasteiger partial charge in [-0.25, -0.2) is 4.68 Å². The second-order valence-corrected chi connectivity index (χ2v) is 4.81. The predicted molar refractivity (Wildman–Crippen MR) is 72.9 cm³/mol. The number of rotatable bonds is 2. The van der Waals surface area contributed by atoms with E-state index in [0.717, 1.165) is 13.0 Å². The van der Waals surface area contributed by atoms with Gasteiger partial charge in [-0.1, -0.05) is 0 Å². The summed E-state index contributed by atoms with van der Waals surface area (Å²) in [6, 6.07) is 5.27. The van der Waals surface area contributed by atoms with Gasteiger partial charge in [0, 0.05) is 24.7 Å². The molecule has 21 heavy (non-hydrogen) atoms. The zero-order valence-electron chi connectivity index (χ0n) is 11.2. The number of amides is 1. The molecule has 0 saturated carbocycles. The van der Waals surface area contributed by atoms with E-state index in [1.807, 2.05) is 0 Å². The number of hydrogen-bond acceptors (Lipinski definition) is 5. The third-order valence-electron chi connectivity index (χ3n) is 3.42. The summed E-state index contributed by atoms with van der Waals surface area (Å²) in [6.07, 6.45) is 2.43. The van der Waals surface area contributed by atoms with E-state index in [4.69, 9.17) is 14.2 Å². The topological polar surface area (TPSA) is 74.6 Å². The predicted octanol–water partition coefficient (Wildman–Crippen LogP) is 1.65. The Morgan fingerprint density at radius 1 is 1.24 bits per heavy atom. The van der Waals surface area contributed by atoms with Crippen LogP contribution in [0.4, 0.5) is 5.69 Å². The first kappa shape index (κ1) is 12.1. The molecule has 0 aliphatic carbocycles. The number of fused-ring (bicyclic) bond motifs is 2. The van der Waals surface area contributed by atoms with Crippen molar-refractivity contribution in [3.05, 3.63) is 30.0 Å². The molecule has 108 valence electrons. The van der Waals surface area contributed by atoms with Crippen molar-refractivity contribution in [2.75, 3.05) is 18.7 Å². The van der Waals surface area contributed by atoms with Crippen LogP contribution >= 0.6 is 0 Å². The van der Waals surface area contributed by atoms with E-state index in [-0.39, 0.29) is 12.7 Å². The number of aromatic nitrogens is 2. The molecule has 1 N–H and O–H groups in total. The monoisotopic (exact) mass is 287 g/mol. The average molecular weight is 287 g/mol. The van der Waals surface area contributed by atoms with Crippen molar-refractivity contribution in [2.24, 2.45) is 0 Å². The fraction of sp³-hybridized carbons (Fsp3) is 0.286. The van der Waals surface area contributed by atoms with Crippen LogP contribution in [0.15, 0.2) is 24.4 Å². The van der Waals surface area contributed by atoms with Crippen molar-refractivity contribution in [2.45, 2.75) is 13.0 Å². The molecule has 3 heterocycles. The quantitative estimate of drug-likeness (QED) is 0.909. The van der Waals surface area contributed by atoms with Crippen LogP contribution in [0.25, 0.3) is 0 Å². The Labute approximate surface area is 120 Å². The minimum absolute atomic E-state index is 0.206. The molecule has 0 radical (unpaired) electrons. The highest BCUT2D eigenvalue weighted by Gasteiger charge is 2.22. The fourth-order valence-electron chi connectivity index (χ4n) is 2.40. The zero-order chi connectivity index (χ0) is 14.2. The molecule has 2 aliphatic rings. The van der Waals surface area contributed by atoms with Crippen LogP contribution in [0.5, 0.6) is 17.4 Å². The van der Waals surface area contributed by atoms with Gasteiger partial charge in [-0.05, 0) is 12.1 Å².